The number of hydrogen-bond donors (Lipinski definition) is 1. The summed E-state index contributed by atoms with van der Waals surface area (Å²) >= 11 is 0. The van der Waals surface area contributed by atoms with Crippen molar-refractivity contribution in [3.05, 3.63) is 53.9 Å². The predicted octanol–water partition coefficient (Wildman–Crippen LogP) is 3.72. The molecule has 5 nitrogen and oxygen atoms in total. The van der Waals surface area contributed by atoms with E-state index in [1.54, 1.807) is 12.3 Å². The molecule has 1 N–H and O–H groups in total. The molecule has 0 aliphatic carbocycles. The number of unbranched alkanes of at least 4 members (excludes halogenated alkanes) is 1. The molecule has 5 heteroatoms. The second-order valence-electron chi connectivity index (χ2n) is 5.84. The first-order chi connectivity index (χ1) is 11.6. The van der Waals surface area contributed by atoms with E-state index in [9.17, 15) is 4.79 Å². The molecule has 1 aromatic heterocycles. The van der Waals surface area contributed by atoms with Gasteiger partial charge in [-0.15, -0.1) is 0 Å². The molecule has 0 saturated heterocycles. The number of rotatable bonds is 8. The van der Waals surface area contributed by atoms with Gasteiger partial charge in [-0.25, -0.2) is 0 Å². The van der Waals surface area contributed by atoms with Crippen LogP contribution in [0, 0.1) is 0 Å². The predicted molar refractivity (Wildman–Crippen MR) is 97.5 cm³/mol. The summed E-state index contributed by atoms with van der Waals surface area (Å²) < 4.78 is 5.52. The Kier molecular flexibility index (Phi) is 6.75. The molecule has 1 amide bonds. The van der Waals surface area contributed by atoms with Crippen molar-refractivity contribution >= 4 is 17.3 Å². The van der Waals surface area contributed by atoms with E-state index in [1.807, 2.05) is 49.3 Å². The summed E-state index contributed by atoms with van der Waals surface area (Å²) in [5.41, 5.74) is 3.21. The fourth-order valence-electron chi connectivity index (χ4n) is 2.11. The second-order valence-corrected chi connectivity index (χ2v) is 5.84. The second kappa shape index (κ2) is 9.03. The number of nitrogens with zero attached hydrogens (tertiary/aromatic N) is 2. The highest BCUT2D eigenvalue weighted by molar-refractivity contribution is 6.04. The third-order valence-corrected chi connectivity index (χ3v) is 3.62. The minimum absolute atomic E-state index is 0.168. The topological polar surface area (TPSA) is 54.5 Å². The van der Waals surface area contributed by atoms with Crippen molar-refractivity contribution in [1.29, 1.82) is 0 Å². The zero-order valence-corrected chi connectivity index (χ0v) is 14.6. The van der Waals surface area contributed by atoms with Crippen molar-refractivity contribution in [2.75, 3.05) is 30.9 Å². The van der Waals surface area contributed by atoms with Crippen molar-refractivity contribution in [3.63, 3.8) is 0 Å². The van der Waals surface area contributed by atoms with E-state index in [-0.39, 0.29) is 5.91 Å². The van der Waals surface area contributed by atoms with Crippen LogP contribution in [0.2, 0.25) is 0 Å². The van der Waals surface area contributed by atoms with Crippen LogP contribution in [0.5, 0.6) is 0 Å². The van der Waals surface area contributed by atoms with Crippen LogP contribution in [0.15, 0.2) is 42.6 Å². The Hall–Kier alpha value is -2.40. The van der Waals surface area contributed by atoms with Crippen molar-refractivity contribution in [2.24, 2.45) is 0 Å². The van der Waals surface area contributed by atoms with Gasteiger partial charge in [0.1, 0.15) is 0 Å². The van der Waals surface area contributed by atoms with Crippen molar-refractivity contribution < 1.29 is 9.53 Å². The van der Waals surface area contributed by atoms with Gasteiger partial charge in [0.25, 0.3) is 5.91 Å². The largest absolute Gasteiger partial charge is 0.378 e. The molecule has 0 unspecified atom stereocenters. The summed E-state index contributed by atoms with van der Waals surface area (Å²) in [5, 5.41) is 2.88. The molecule has 2 rings (SSSR count). The number of nitrogens with one attached hydrogen (secondary N) is 1. The maximum Gasteiger partial charge on any atom is 0.257 e. The molecule has 1 heterocycles. The Morgan fingerprint density at radius 3 is 2.50 bits per heavy atom. The van der Waals surface area contributed by atoms with E-state index in [1.165, 1.54) is 0 Å². The molecular weight excluding hydrogens is 302 g/mol. The van der Waals surface area contributed by atoms with E-state index in [0.29, 0.717) is 12.2 Å². The minimum Gasteiger partial charge on any atom is -0.378 e. The first-order valence-electron chi connectivity index (χ1n) is 8.21. The highest BCUT2D eigenvalue weighted by Crippen LogP contribution is 2.16. The van der Waals surface area contributed by atoms with E-state index in [2.05, 4.69) is 17.2 Å². The Labute approximate surface area is 143 Å². The van der Waals surface area contributed by atoms with E-state index < -0.39 is 0 Å². The molecule has 0 spiro atoms. The quantitative estimate of drug-likeness (QED) is 0.751. The summed E-state index contributed by atoms with van der Waals surface area (Å²) in [7, 11) is 3.96. The van der Waals surface area contributed by atoms with Crippen molar-refractivity contribution in [3.8, 4) is 0 Å². The van der Waals surface area contributed by atoms with Crippen molar-refractivity contribution in [2.45, 2.75) is 26.4 Å². The molecule has 0 saturated carbocycles. The van der Waals surface area contributed by atoms with Gasteiger partial charge in [0, 0.05) is 38.3 Å². The lowest BCUT2D eigenvalue weighted by Crippen LogP contribution is -2.13. The Bertz CT molecular complexity index is 637. The zero-order valence-electron chi connectivity index (χ0n) is 14.6. The molecule has 0 aliphatic heterocycles. The number of ether oxygens (including phenoxy) is 1. The summed E-state index contributed by atoms with van der Waals surface area (Å²) in [6.07, 6.45) is 3.75. The number of amides is 1. The number of benzene rings is 1. The fraction of sp³-hybridized carbons (Fsp3) is 0.368. The average molecular weight is 327 g/mol. The summed E-state index contributed by atoms with van der Waals surface area (Å²) in [5.74, 6) is -0.168. The van der Waals surface area contributed by atoms with Crippen molar-refractivity contribution in [1.82, 2.24) is 4.98 Å². The number of carbonyl (C=O) groups is 1. The first kappa shape index (κ1) is 17.9. The van der Waals surface area contributed by atoms with Gasteiger partial charge >= 0.3 is 0 Å². The van der Waals surface area contributed by atoms with Gasteiger partial charge in [-0.3, -0.25) is 9.78 Å². The average Bonchev–Trinajstić information content (AvgIpc) is 2.59. The minimum atomic E-state index is -0.168. The van der Waals surface area contributed by atoms with E-state index in [0.717, 1.165) is 36.5 Å². The van der Waals surface area contributed by atoms with E-state index in [4.69, 9.17) is 4.74 Å². The summed E-state index contributed by atoms with van der Waals surface area (Å²) in [6.45, 7) is 3.35. The summed E-state index contributed by atoms with van der Waals surface area (Å²) in [6, 6.07) is 11.3. The molecule has 0 aliphatic rings. The standard InChI is InChI=1S/C19H25N3O2/c1-4-5-12-24-14-17-7-6-15(13-20-17)19(23)21-16-8-10-18(11-9-16)22(2)3/h6-11,13H,4-5,12,14H2,1-3H3,(H,21,23). The summed E-state index contributed by atoms with van der Waals surface area (Å²) in [4.78, 5) is 18.5. The Balaban J connectivity index is 1.90. The number of carbonyl (C=O) groups excluding carboxylic acids is 1. The van der Waals surface area contributed by atoms with Gasteiger partial charge in [0.2, 0.25) is 0 Å². The van der Waals surface area contributed by atoms with Crippen LogP contribution < -0.4 is 10.2 Å². The Morgan fingerprint density at radius 1 is 1.17 bits per heavy atom. The lowest BCUT2D eigenvalue weighted by Gasteiger charge is -2.13. The molecular formula is C19H25N3O2. The lowest BCUT2D eigenvalue weighted by molar-refractivity contribution is 0.102. The molecule has 2 aromatic rings. The molecule has 1 aromatic carbocycles. The van der Waals surface area contributed by atoms with Gasteiger partial charge in [-0.1, -0.05) is 13.3 Å². The first-order valence-corrected chi connectivity index (χ1v) is 8.21. The van der Waals surface area contributed by atoms with Crippen LogP contribution in [0.1, 0.15) is 35.8 Å². The number of anilines is 2. The molecule has 0 radical (unpaired) electrons. The number of hydrogen-bond acceptors (Lipinski definition) is 4. The van der Waals surface area contributed by atoms with E-state index >= 15 is 0 Å². The highest BCUT2D eigenvalue weighted by Gasteiger charge is 2.07. The van der Waals surface area contributed by atoms with Crippen LogP contribution in [-0.2, 0) is 11.3 Å². The van der Waals surface area contributed by atoms with Gasteiger partial charge in [-0.05, 0) is 42.8 Å². The highest BCUT2D eigenvalue weighted by atomic mass is 16.5. The molecule has 0 bridgehead atoms. The molecule has 128 valence electrons. The number of aromatic nitrogens is 1. The van der Waals surface area contributed by atoms with Crippen LogP contribution >= 0.6 is 0 Å². The monoisotopic (exact) mass is 327 g/mol. The van der Waals surface area contributed by atoms with Crippen LogP contribution in [-0.4, -0.2) is 31.6 Å². The van der Waals surface area contributed by atoms with Gasteiger partial charge in [0.05, 0.1) is 17.9 Å². The third-order valence-electron chi connectivity index (χ3n) is 3.62. The maximum atomic E-state index is 12.3. The maximum absolute atomic E-state index is 12.3. The smallest absolute Gasteiger partial charge is 0.257 e. The molecule has 24 heavy (non-hydrogen) atoms. The fourth-order valence-corrected chi connectivity index (χ4v) is 2.11. The van der Waals surface area contributed by atoms with Gasteiger partial charge in [0.15, 0.2) is 0 Å². The van der Waals surface area contributed by atoms with Crippen LogP contribution in [0.4, 0.5) is 11.4 Å². The Morgan fingerprint density at radius 2 is 1.92 bits per heavy atom. The SMILES string of the molecule is CCCCOCc1ccc(C(=O)Nc2ccc(N(C)C)cc2)cn1. The normalized spacial score (nSPS) is 10.5. The van der Waals surface area contributed by atoms with Gasteiger partial charge < -0.3 is 15.0 Å². The molecule has 0 fully saturated rings. The van der Waals surface area contributed by atoms with Crippen LogP contribution in [0.25, 0.3) is 0 Å². The lowest BCUT2D eigenvalue weighted by atomic mass is 10.2. The third kappa shape index (κ3) is 5.35. The number of pyridine rings is 1. The van der Waals surface area contributed by atoms with Gasteiger partial charge in [-0.2, -0.15) is 0 Å². The van der Waals surface area contributed by atoms with Crippen LogP contribution in [0.3, 0.4) is 0 Å². The molecule has 0 atom stereocenters. The zero-order chi connectivity index (χ0) is 17.4.